The SMILES string of the molecule is COONC1=CN(C2CC2)C2C(F)=C(C)C(F)=CC2C1=O. The van der Waals surface area contributed by atoms with Crippen molar-refractivity contribution in [2.45, 2.75) is 31.8 Å². The van der Waals surface area contributed by atoms with Gasteiger partial charge in [0.05, 0.1) is 19.1 Å². The molecule has 7 heteroatoms. The average Bonchev–Trinajstić information content (AvgIpc) is 3.29. The third kappa shape index (κ3) is 2.36. The fourth-order valence-corrected chi connectivity index (χ4v) is 2.74. The van der Waals surface area contributed by atoms with E-state index in [4.69, 9.17) is 0 Å². The van der Waals surface area contributed by atoms with E-state index >= 15 is 0 Å². The molecule has 0 amide bonds. The Kier molecular flexibility index (Phi) is 3.54. The second-order valence-electron chi connectivity index (χ2n) is 5.40. The van der Waals surface area contributed by atoms with Gasteiger partial charge in [0.25, 0.3) is 0 Å². The van der Waals surface area contributed by atoms with Crippen molar-refractivity contribution in [3.05, 3.63) is 35.2 Å². The summed E-state index contributed by atoms with van der Waals surface area (Å²) in [5.41, 5.74) is 2.46. The monoisotopic (exact) mass is 298 g/mol. The van der Waals surface area contributed by atoms with E-state index in [1.165, 1.54) is 26.3 Å². The first-order chi connectivity index (χ1) is 10.0. The van der Waals surface area contributed by atoms with Gasteiger partial charge in [0.2, 0.25) is 0 Å². The third-order valence-electron chi connectivity index (χ3n) is 4.01. The second-order valence-corrected chi connectivity index (χ2v) is 5.40. The van der Waals surface area contributed by atoms with Crippen molar-refractivity contribution in [3.63, 3.8) is 0 Å². The number of halogens is 2. The van der Waals surface area contributed by atoms with Crippen LogP contribution >= 0.6 is 0 Å². The van der Waals surface area contributed by atoms with Crippen LogP contribution in [-0.4, -0.2) is 29.9 Å². The van der Waals surface area contributed by atoms with Crippen LogP contribution in [0, 0.1) is 5.92 Å². The van der Waals surface area contributed by atoms with Crippen molar-refractivity contribution < 1.29 is 23.5 Å². The minimum atomic E-state index is -0.901. The Morgan fingerprint density at radius 2 is 2.10 bits per heavy atom. The summed E-state index contributed by atoms with van der Waals surface area (Å²) >= 11 is 0. The topological polar surface area (TPSA) is 50.8 Å². The number of rotatable bonds is 4. The van der Waals surface area contributed by atoms with Crippen LogP contribution in [0.25, 0.3) is 0 Å². The highest BCUT2D eigenvalue weighted by atomic mass is 19.1. The van der Waals surface area contributed by atoms with E-state index in [2.05, 4.69) is 15.4 Å². The summed E-state index contributed by atoms with van der Waals surface area (Å²) in [6.07, 6.45) is 4.56. The first-order valence-corrected chi connectivity index (χ1v) is 6.77. The van der Waals surface area contributed by atoms with Crippen LogP contribution in [-0.2, 0) is 14.7 Å². The molecule has 0 aromatic heterocycles. The minimum Gasteiger partial charge on any atom is -0.362 e. The number of hydrogen-bond donors (Lipinski definition) is 1. The third-order valence-corrected chi connectivity index (χ3v) is 4.01. The average molecular weight is 298 g/mol. The van der Waals surface area contributed by atoms with Crippen molar-refractivity contribution in [2.75, 3.05) is 7.11 Å². The second kappa shape index (κ2) is 5.23. The molecule has 0 radical (unpaired) electrons. The maximum atomic E-state index is 14.5. The normalized spacial score (nSPS) is 29.1. The van der Waals surface area contributed by atoms with Crippen molar-refractivity contribution in [2.24, 2.45) is 5.92 Å². The molecule has 114 valence electrons. The summed E-state index contributed by atoms with van der Waals surface area (Å²) < 4.78 is 28.2. The van der Waals surface area contributed by atoms with Crippen molar-refractivity contribution in [1.82, 2.24) is 10.4 Å². The molecular formula is C14H16F2N2O3. The van der Waals surface area contributed by atoms with Gasteiger partial charge in [-0.15, -0.1) is 4.99 Å². The number of Topliss-reactive ketones (excluding diaryl/α,β-unsaturated/α-hetero) is 1. The molecule has 1 aliphatic heterocycles. The zero-order valence-corrected chi connectivity index (χ0v) is 11.7. The van der Waals surface area contributed by atoms with E-state index in [1.54, 1.807) is 4.90 Å². The van der Waals surface area contributed by atoms with Gasteiger partial charge in [-0.3, -0.25) is 4.79 Å². The Morgan fingerprint density at radius 1 is 1.38 bits per heavy atom. The molecule has 1 N–H and O–H groups in total. The molecule has 3 rings (SSSR count). The highest BCUT2D eigenvalue weighted by molar-refractivity contribution is 5.99. The van der Waals surface area contributed by atoms with E-state index in [1.807, 2.05) is 0 Å². The standard InChI is InChI=1S/C14H16F2N2O3/c1-7-10(15)5-9-13(12(7)16)18(8-3-4-8)6-11(14(9)19)17-21-20-2/h5-6,8-9,13,17H,3-4H2,1-2H3. The Hall–Kier alpha value is -1.73. The first kappa shape index (κ1) is 14.2. The van der Waals surface area contributed by atoms with Gasteiger partial charge in [0.15, 0.2) is 5.78 Å². The number of ketones is 1. The molecule has 1 saturated carbocycles. The number of carbonyl (C=O) groups excluding carboxylic acids is 1. The fraction of sp³-hybridized carbons (Fsp3) is 0.500. The number of carbonyl (C=O) groups is 1. The number of hydroxylamine groups is 1. The molecule has 0 aromatic rings. The van der Waals surface area contributed by atoms with Crippen molar-refractivity contribution in [3.8, 4) is 0 Å². The molecule has 1 heterocycles. The Bertz CT molecular complexity index is 567. The summed E-state index contributed by atoms with van der Waals surface area (Å²) in [7, 11) is 1.29. The lowest BCUT2D eigenvalue weighted by atomic mass is 9.83. The molecule has 0 saturated heterocycles. The zero-order chi connectivity index (χ0) is 15.1. The number of nitrogens with one attached hydrogen (secondary N) is 1. The van der Waals surface area contributed by atoms with Crippen molar-refractivity contribution in [1.29, 1.82) is 0 Å². The Balaban J connectivity index is 1.99. The van der Waals surface area contributed by atoms with E-state index < -0.39 is 29.4 Å². The molecule has 3 aliphatic rings. The van der Waals surface area contributed by atoms with Gasteiger partial charge >= 0.3 is 0 Å². The summed E-state index contributed by atoms with van der Waals surface area (Å²) in [6.45, 7) is 1.39. The quantitative estimate of drug-likeness (QED) is 0.636. The molecule has 0 bridgehead atoms. The lowest BCUT2D eigenvalue weighted by Crippen LogP contribution is -2.49. The summed E-state index contributed by atoms with van der Waals surface area (Å²) in [5.74, 6) is -2.59. The van der Waals surface area contributed by atoms with E-state index in [0.717, 1.165) is 12.8 Å². The maximum Gasteiger partial charge on any atom is 0.192 e. The van der Waals surface area contributed by atoms with Crippen LogP contribution in [0.4, 0.5) is 8.78 Å². The van der Waals surface area contributed by atoms with Gasteiger partial charge in [0, 0.05) is 17.8 Å². The van der Waals surface area contributed by atoms with E-state index in [-0.39, 0.29) is 17.3 Å². The van der Waals surface area contributed by atoms with Crippen LogP contribution in [0.1, 0.15) is 19.8 Å². The van der Waals surface area contributed by atoms with Gasteiger partial charge in [0.1, 0.15) is 17.4 Å². The predicted octanol–water partition coefficient (Wildman–Crippen LogP) is 2.05. The van der Waals surface area contributed by atoms with Gasteiger partial charge in [-0.1, -0.05) is 0 Å². The summed E-state index contributed by atoms with van der Waals surface area (Å²) in [6, 6.07) is -0.601. The number of allylic oxidation sites excluding steroid dienone is 3. The largest absolute Gasteiger partial charge is 0.362 e. The van der Waals surface area contributed by atoms with Gasteiger partial charge in [-0.05, 0) is 25.8 Å². The van der Waals surface area contributed by atoms with Crippen LogP contribution in [0.3, 0.4) is 0 Å². The smallest absolute Gasteiger partial charge is 0.192 e. The van der Waals surface area contributed by atoms with Crippen LogP contribution < -0.4 is 5.48 Å². The molecule has 0 aromatic carbocycles. The van der Waals surface area contributed by atoms with Gasteiger partial charge in [-0.2, -0.15) is 0 Å². The van der Waals surface area contributed by atoms with Crippen molar-refractivity contribution >= 4 is 5.78 Å². The maximum absolute atomic E-state index is 14.5. The van der Waals surface area contributed by atoms with Crippen LogP contribution in [0.5, 0.6) is 0 Å². The van der Waals surface area contributed by atoms with E-state index in [0.29, 0.717) is 0 Å². The Labute approximate surface area is 120 Å². The molecule has 1 fully saturated rings. The fourth-order valence-electron chi connectivity index (χ4n) is 2.74. The summed E-state index contributed by atoms with van der Waals surface area (Å²) in [5, 5.41) is 0. The molecular weight excluding hydrogens is 282 g/mol. The molecule has 5 nitrogen and oxygen atoms in total. The van der Waals surface area contributed by atoms with Gasteiger partial charge < -0.3 is 4.90 Å². The molecule has 2 unspecified atom stereocenters. The highest BCUT2D eigenvalue weighted by Crippen LogP contribution is 2.42. The van der Waals surface area contributed by atoms with Crippen LogP contribution in [0.15, 0.2) is 35.2 Å². The number of nitrogens with zero attached hydrogens (tertiary/aromatic N) is 1. The van der Waals surface area contributed by atoms with Gasteiger partial charge in [-0.25, -0.2) is 19.1 Å². The summed E-state index contributed by atoms with van der Waals surface area (Å²) in [4.78, 5) is 23.1. The minimum absolute atomic E-state index is 0.0346. The highest BCUT2D eigenvalue weighted by Gasteiger charge is 2.47. The lowest BCUT2D eigenvalue weighted by molar-refractivity contribution is -0.309. The zero-order valence-electron chi connectivity index (χ0n) is 11.7. The molecule has 0 spiro atoms. The number of fused-ring (bicyclic) bond motifs is 1. The molecule has 2 atom stereocenters. The number of hydrogen-bond acceptors (Lipinski definition) is 5. The first-order valence-electron chi connectivity index (χ1n) is 6.77. The molecule has 2 aliphatic carbocycles. The predicted molar refractivity (Wildman–Crippen MR) is 69.5 cm³/mol. The van der Waals surface area contributed by atoms with Crippen LogP contribution in [0.2, 0.25) is 0 Å². The Morgan fingerprint density at radius 3 is 2.71 bits per heavy atom. The molecule has 21 heavy (non-hydrogen) atoms. The lowest BCUT2D eigenvalue weighted by Gasteiger charge is -2.40. The van der Waals surface area contributed by atoms with E-state index in [9.17, 15) is 13.6 Å².